The molecule has 1 unspecified atom stereocenters. The van der Waals surface area contributed by atoms with E-state index in [1.165, 1.54) is 0 Å². The average Bonchev–Trinajstić information content (AvgIpc) is 2.91. The molecule has 96 valence electrons. The van der Waals surface area contributed by atoms with Crippen molar-refractivity contribution < 1.29 is 9.53 Å². The zero-order valence-corrected chi connectivity index (χ0v) is 10.5. The summed E-state index contributed by atoms with van der Waals surface area (Å²) in [5.74, 6) is 0.584. The normalized spacial score (nSPS) is 19.2. The van der Waals surface area contributed by atoms with Gasteiger partial charge >= 0.3 is 0 Å². The van der Waals surface area contributed by atoms with Gasteiger partial charge in [0.15, 0.2) is 0 Å². The van der Waals surface area contributed by atoms with Crippen LogP contribution >= 0.6 is 0 Å². The fraction of sp³-hybridized carbons (Fsp3) is 0.400. The Balaban J connectivity index is 1.67. The molecule has 1 amide bonds. The molecule has 1 saturated heterocycles. The minimum Gasteiger partial charge on any atom is -0.381 e. The van der Waals surface area contributed by atoms with E-state index >= 15 is 0 Å². The van der Waals surface area contributed by atoms with Gasteiger partial charge in [0.25, 0.3) is 0 Å². The number of benzene rings is 1. The zero-order chi connectivity index (χ0) is 12.6. The van der Waals surface area contributed by atoms with E-state index in [4.69, 9.17) is 4.74 Å². The SMILES string of the molecule is O=C(/C=C/c1ccccc1)NCCC1CCOC1. The molecule has 3 heteroatoms. The third kappa shape index (κ3) is 4.34. The average molecular weight is 245 g/mol. The maximum absolute atomic E-state index is 11.6. The number of amides is 1. The number of hydrogen-bond donors (Lipinski definition) is 1. The highest BCUT2D eigenvalue weighted by atomic mass is 16.5. The van der Waals surface area contributed by atoms with Crippen molar-refractivity contribution in [1.29, 1.82) is 0 Å². The van der Waals surface area contributed by atoms with Gasteiger partial charge in [-0.05, 0) is 30.4 Å². The maximum Gasteiger partial charge on any atom is 0.243 e. The summed E-state index contributed by atoms with van der Waals surface area (Å²) in [5, 5.41) is 2.90. The van der Waals surface area contributed by atoms with E-state index in [0.717, 1.165) is 38.2 Å². The molecular formula is C15H19NO2. The fourth-order valence-electron chi connectivity index (χ4n) is 2.01. The van der Waals surface area contributed by atoms with Crippen molar-refractivity contribution in [2.24, 2.45) is 5.92 Å². The van der Waals surface area contributed by atoms with Crippen molar-refractivity contribution in [2.45, 2.75) is 12.8 Å². The van der Waals surface area contributed by atoms with Gasteiger partial charge in [0.1, 0.15) is 0 Å². The standard InChI is InChI=1S/C15H19NO2/c17-15(7-6-13-4-2-1-3-5-13)16-10-8-14-9-11-18-12-14/h1-7,14H,8-12H2,(H,16,17)/b7-6+. The molecule has 1 fully saturated rings. The predicted octanol–water partition coefficient (Wildman–Crippen LogP) is 2.24. The molecule has 2 rings (SSSR count). The lowest BCUT2D eigenvalue weighted by atomic mass is 10.1. The first kappa shape index (κ1) is 12.8. The van der Waals surface area contributed by atoms with E-state index in [0.29, 0.717) is 5.92 Å². The van der Waals surface area contributed by atoms with Crippen molar-refractivity contribution in [3.63, 3.8) is 0 Å². The molecule has 3 nitrogen and oxygen atoms in total. The molecule has 1 N–H and O–H groups in total. The maximum atomic E-state index is 11.6. The number of nitrogens with one attached hydrogen (secondary N) is 1. The van der Waals surface area contributed by atoms with Crippen LogP contribution in [0.5, 0.6) is 0 Å². The molecule has 0 aromatic heterocycles. The molecule has 0 bridgehead atoms. The summed E-state index contributed by atoms with van der Waals surface area (Å²) in [6.07, 6.45) is 5.54. The Morgan fingerprint density at radius 2 is 2.22 bits per heavy atom. The highest BCUT2D eigenvalue weighted by Crippen LogP contribution is 2.15. The summed E-state index contributed by atoms with van der Waals surface area (Å²) < 4.78 is 5.29. The predicted molar refractivity (Wildman–Crippen MR) is 72.0 cm³/mol. The molecule has 1 aromatic rings. The molecule has 0 saturated carbocycles. The number of hydrogen-bond acceptors (Lipinski definition) is 2. The monoisotopic (exact) mass is 245 g/mol. The van der Waals surface area contributed by atoms with Crippen LogP contribution in [0.4, 0.5) is 0 Å². The van der Waals surface area contributed by atoms with Crippen molar-refractivity contribution in [3.8, 4) is 0 Å². The van der Waals surface area contributed by atoms with Crippen molar-refractivity contribution in [3.05, 3.63) is 42.0 Å². The molecular weight excluding hydrogens is 226 g/mol. The van der Waals surface area contributed by atoms with Gasteiger partial charge in [0.05, 0.1) is 0 Å². The summed E-state index contributed by atoms with van der Waals surface area (Å²) in [6, 6.07) is 9.82. The lowest BCUT2D eigenvalue weighted by Crippen LogP contribution is -2.24. The smallest absolute Gasteiger partial charge is 0.243 e. The Morgan fingerprint density at radius 3 is 2.94 bits per heavy atom. The first-order valence-electron chi connectivity index (χ1n) is 6.43. The van der Waals surface area contributed by atoms with Crippen LogP contribution in [0.1, 0.15) is 18.4 Å². The van der Waals surface area contributed by atoms with E-state index in [2.05, 4.69) is 5.32 Å². The fourth-order valence-corrected chi connectivity index (χ4v) is 2.01. The van der Waals surface area contributed by atoms with Crippen LogP contribution < -0.4 is 5.32 Å². The summed E-state index contributed by atoms with van der Waals surface area (Å²) in [5.41, 5.74) is 1.04. The van der Waals surface area contributed by atoms with Crippen LogP contribution in [-0.4, -0.2) is 25.7 Å². The Morgan fingerprint density at radius 1 is 1.39 bits per heavy atom. The molecule has 0 radical (unpaired) electrons. The molecule has 1 aromatic carbocycles. The molecule has 1 atom stereocenters. The lowest BCUT2D eigenvalue weighted by molar-refractivity contribution is -0.116. The van der Waals surface area contributed by atoms with Crippen LogP contribution in [0.15, 0.2) is 36.4 Å². The Labute approximate surface area is 108 Å². The highest BCUT2D eigenvalue weighted by Gasteiger charge is 2.14. The second-order valence-electron chi connectivity index (χ2n) is 4.55. The van der Waals surface area contributed by atoms with Gasteiger partial charge in [-0.1, -0.05) is 30.3 Å². The second kappa shape index (κ2) is 6.97. The first-order chi connectivity index (χ1) is 8.84. The van der Waals surface area contributed by atoms with Gasteiger partial charge in [0.2, 0.25) is 5.91 Å². The third-order valence-corrected chi connectivity index (χ3v) is 3.10. The largest absolute Gasteiger partial charge is 0.381 e. The summed E-state index contributed by atoms with van der Waals surface area (Å²) in [6.45, 7) is 2.44. The molecule has 18 heavy (non-hydrogen) atoms. The summed E-state index contributed by atoms with van der Waals surface area (Å²) in [7, 11) is 0. The Kier molecular flexibility index (Phi) is 4.97. The van der Waals surface area contributed by atoms with Crippen molar-refractivity contribution in [1.82, 2.24) is 5.32 Å². The summed E-state index contributed by atoms with van der Waals surface area (Å²) >= 11 is 0. The minimum atomic E-state index is -0.0298. The van der Waals surface area contributed by atoms with Crippen molar-refractivity contribution in [2.75, 3.05) is 19.8 Å². The van der Waals surface area contributed by atoms with Crippen molar-refractivity contribution >= 4 is 12.0 Å². The summed E-state index contributed by atoms with van der Waals surface area (Å²) in [4.78, 5) is 11.6. The van der Waals surface area contributed by atoms with E-state index in [-0.39, 0.29) is 5.91 Å². The van der Waals surface area contributed by atoms with Crippen LogP contribution in [0.3, 0.4) is 0 Å². The second-order valence-corrected chi connectivity index (χ2v) is 4.55. The Hall–Kier alpha value is -1.61. The topological polar surface area (TPSA) is 38.3 Å². The Bertz CT molecular complexity index is 394. The molecule has 1 heterocycles. The van der Waals surface area contributed by atoms with Crippen LogP contribution in [-0.2, 0) is 9.53 Å². The van der Waals surface area contributed by atoms with Gasteiger partial charge in [-0.2, -0.15) is 0 Å². The number of rotatable bonds is 5. The number of ether oxygens (including phenoxy) is 1. The third-order valence-electron chi connectivity index (χ3n) is 3.10. The number of carbonyl (C=O) groups is 1. The van der Waals surface area contributed by atoms with E-state index in [9.17, 15) is 4.79 Å². The van der Waals surface area contributed by atoms with Gasteiger partial charge in [0, 0.05) is 25.8 Å². The van der Waals surface area contributed by atoms with Gasteiger partial charge in [-0.3, -0.25) is 4.79 Å². The van der Waals surface area contributed by atoms with Gasteiger partial charge in [-0.15, -0.1) is 0 Å². The molecule has 1 aliphatic rings. The number of carbonyl (C=O) groups excluding carboxylic acids is 1. The molecule has 0 spiro atoms. The van der Waals surface area contributed by atoms with Crippen LogP contribution in [0, 0.1) is 5.92 Å². The quantitative estimate of drug-likeness (QED) is 0.808. The lowest BCUT2D eigenvalue weighted by Gasteiger charge is -2.06. The first-order valence-corrected chi connectivity index (χ1v) is 6.43. The van der Waals surface area contributed by atoms with Gasteiger partial charge < -0.3 is 10.1 Å². The van der Waals surface area contributed by atoms with E-state index < -0.39 is 0 Å². The van der Waals surface area contributed by atoms with Crippen LogP contribution in [0.2, 0.25) is 0 Å². The molecule has 1 aliphatic heterocycles. The highest BCUT2D eigenvalue weighted by molar-refractivity contribution is 5.91. The van der Waals surface area contributed by atoms with Gasteiger partial charge in [-0.25, -0.2) is 0 Å². The van der Waals surface area contributed by atoms with Crippen LogP contribution in [0.25, 0.3) is 6.08 Å². The zero-order valence-electron chi connectivity index (χ0n) is 10.5. The minimum absolute atomic E-state index is 0.0298. The van der Waals surface area contributed by atoms with E-state index in [1.54, 1.807) is 6.08 Å². The van der Waals surface area contributed by atoms with E-state index in [1.807, 2.05) is 36.4 Å². The molecule has 0 aliphatic carbocycles.